The predicted molar refractivity (Wildman–Crippen MR) is 74.0 cm³/mol. The smallest absolute Gasteiger partial charge is 0.215 e. The van der Waals surface area contributed by atoms with Gasteiger partial charge in [-0.2, -0.15) is 0 Å². The van der Waals surface area contributed by atoms with Crippen LogP contribution in [0.5, 0.6) is 0 Å². The number of rotatable bonds is 4. The van der Waals surface area contributed by atoms with Crippen LogP contribution in [0.1, 0.15) is 45.4 Å². The van der Waals surface area contributed by atoms with Crippen molar-refractivity contribution in [3.63, 3.8) is 0 Å². The summed E-state index contributed by atoms with van der Waals surface area (Å²) in [4.78, 5) is 0. The molecule has 1 atom stereocenters. The Kier molecular flexibility index (Phi) is 5.04. The Labute approximate surface area is 111 Å². The van der Waals surface area contributed by atoms with Gasteiger partial charge in [0.1, 0.15) is 0 Å². The van der Waals surface area contributed by atoms with Crippen molar-refractivity contribution >= 4 is 10.0 Å². The molecule has 2 saturated heterocycles. The molecular weight excluding hydrogens is 248 g/mol. The van der Waals surface area contributed by atoms with E-state index in [1.165, 1.54) is 12.8 Å². The van der Waals surface area contributed by atoms with E-state index in [0.29, 0.717) is 5.75 Å². The van der Waals surface area contributed by atoms with E-state index in [9.17, 15) is 8.42 Å². The van der Waals surface area contributed by atoms with Crippen LogP contribution in [0.25, 0.3) is 0 Å². The molecule has 0 aromatic rings. The minimum atomic E-state index is -3.04. The predicted octanol–water partition coefficient (Wildman–Crippen LogP) is 1.58. The summed E-state index contributed by atoms with van der Waals surface area (Å²) in [5, 5.41) is 3.33. The van der Waals surface area contributed by atoms with Crippen molar-refractivity contribution < 1.29 is 8.42 Å². The van der Waals surface area contributed by atoms with Gasteiger partial charge in [0.25, 0.3) is 0 Å². The largest absolute Gasteiger partial charge is 0.313 e. The molecule has 18 heavy (non-hydrogen) atoms. The molecule has 0 radical (unpaired) electrons. The summed E-state index contributed by atoms with van der Waals surface area (Å²) in [6.45, 7) is 4.62. The third-order valence-electron chi connectivity index (χ3n) is 4.37. The van der Waals surface area contributed by atoms with Crippen molar-refractivity contribution in [3.8, 4) is 0 Å². The normalized spacial score (nSPS) is 28.4. The Morgan fingerprint density at radius 1 is 1.17 bits per heavy atom. The van der Waals surface area contributed by atoms with Crippen LogP contribution in [0.4, 0.5) is 0 Å². The molecular formula is C13H26N2O2S. The third-order valence-corrected chi connectivity index (χ3v) is 6.34. The summed E-state index contributed by atoms with van der Waals surface area (Å²) in [6.07, 6.45) is 6.59. The van der Waals surface area contributed by atoms with Crippen LogP contribution < -0.4 is 5.32 Å². The number of hydrogen-bond acceptors (Lipinski definition) is 3. The molecule has 2 aliphatic rings. The molecule has 0 aliphatic carbocycles. The van der Waals surface area contributed by atoms with Crippen LogP contribution in [-0.2, 0) is 10.0 Å². The van der Waals surface area contributed by atoms with Gasteiger partial charge in [0.15, 0.2) is 0 Å². The zero-order chi connectivity index (χ0) is 13.0. The van der Waals surface area contributed by atoms with E-state index in [-0.39, 0.29) is 6.04 Å². The van der Waals surface area contributed by atoms with Crippen LogP contribution in [0, 0.1) is 5.92 Å². The molecule has 5 heteroatoms. The maximum atomic E-state index is 12.3. The first kappa shape index (κ1) is 14.3. The van der Waals surface area contributed by atoms with Crippen molar-refractivity contribution in [2.24, 2.45) is 5.92 Å². The Bertz CT molecular complexity index is 342. The Morgan fingerprint density at radius 2 is 1.89 bits per heavy atom. The van der Waals surface area contributed by atoms with E-state index < -0.39 is 10.0 Å². The number of nitrogens with zero attached hydrogens (tertiary/aromatic N) is 1. The molecule has 0 aromatic heterocycles. The highest BCUT2D eigenvalue weighted by molar-refractivity contribution is 7.89. The minimum Gasteiger partial charge on any atom is -0.313 e. The Hall–Kier alpha value is -0.130. The molecule has 2 rings (SSSR count). The highest BCUT2D eigenvalue weighted by atomic mass is 32.2. The number of piperidine rings is 2. The standard InChI is InChI=1S/C13H26N2O2S/c1-2-12-6-9-15(10-7-12)18(16,17)11-13-5-3-4-8-14-13/h12-14H,2-11H2,1H3. The first-order valence-corrected chi connectivity index (χ1v) is 8.94. The molecule has 0 amide bonds. The van der Waals surface area contributed by atoms with Gasteiger partial charge < -0.3 is 5.32 Å². The maximum Gasteiger partial charge on any atom is 0.215 e. The molecule has 2 heterocycles. The van der Waals surface area contributed by atoms with Gasteiger partial charge in [0, 0.05) is 19.1 Å². The van der Waals surface area contributed by atoms with Crippen molar-refractivity contribution in [2.45, 2.75) is 51.5 Å². The number of nitrogens with one attached hydrogen (secondary N) is 1. The average molecular weight is 274 g/mol. The number of sulfonamides is 1. The van der Waals surface area contributed by atoms with Crippen LogP contribution in [0.3, 0.4) is 0 Å². The molecule has 1 unspecified atom stereocenters. The van der Waals surface area contributed by atoms with Crippen LogP contribution in [-0.4, -0.2) is 44.2 Å². The lowest BCUT2D eigenvalue weighted by atomic mass is 9.96. The second kappa shape index (κ2) is 6.35. The van der Waals surface area contributed by atoms with Gasteiger partial charge in [-0.05, 0) is 38.1 Å². The summed E-state index contributed by atoms with van der Waals surface area (Å²) < 4.78 is 26.4. The highest BCUT2D eigenvalue weighted by Crippen LogP contribution is 2.23. The lowest BCUT2D eigenvalue weighted by Gasteiger charge is -2.32. The number of hydrogen-bond donors (Lipinski definition) is 1. The summed E-state index contributed by atoms with van der Waals surface area (Å²) >= 11 is 0. The minimum absolute atomic E-state index is 0.174. The molecule has 0 saturated carbocycles. The summed E-state index contributed by atoms with van der Waals surface area (Å²) in [5.74, 6) is 1.02. The van der Waals surface area contributed by atoms with Gasteiger partial charge in [0.2, 0.25) is 10.0 Å². The van der Waals surface area contributed by atoms with Gasteiger partial charge in [-0.1, -0.05) is 19.8 Å². The Balaban J connectivity index is 1.86. The lowest BCUT2D eigenvalue weighted by Crippen LogP contribution is -2.46. The second-order valence-corrected chi connectivity index (χ2v) is 7.69. The van der Waals surface area contributed by atoms with Gasteiger partial charge >= 0.3 is 0 Å². The zero-order valence-corrected chi connectivity index (χ0v) is 12.2. The molecule has 0 spiro atoms. The molecule has 0 aromatic carbocycles. The SMILES string of the molecule is CCC1CCN(S(=O)(=O)CC2CCCCN2)CC1. The van der Waals surface area contributed by atoms with E-state index in [0.717, 1.165) is 51.2 Å². The first-order chi connectivity index (χ1) is 8.62. The van der Waals surface area contributed by atoms with Crippen LogP contribution >= 0.6 is 0 Å². The lowest BCUT2D eigenvalue weighted by molar-refractivity contribution is 0.267. The summed E-state index contributed by atoms with van der Waals surface area (Å²) in [5.41, 5.74) is 0. The fourth-order valence-corrected chi connectivity index (χ4v) is 4.79. The highest BCUT2D eigenvalue weighted by Gasteiger charge is 2.30. The Morgan fingerprint density at radius 3 is 2.44 bits per heavy atom. The molecule has 0 bridgehead atoms. The van der Waals surface area contributed by atoms with E-state index in [1.807, 2.05) is 0 Å². The third kappa shape index (κ3) is 3.68. The fraction of sp³-hybridized carbons (Fsp3) is 1.00. The molecule has 2 aliphatic heterocycles. The topological polar surface area (TPSA) is 49.4 Å². The maximum absolute atomic E-state index is 12.3. The van der Waals surface area contributed by atoms with Gasteiger partial charge in [0.05, 0.1) is 5.75 Å². The van der Waals surface area contributed by atoms with E-state index in [4.69, 9.17) is 0 Å². The van der Waals surface area contributed by atoms with Gasteiger partial charge in [-0.3, -0.25) is 0 Å². The van der Waals surface area contributed by atoms with E-state index >= 15 is 0 Å². The average Bonchev–Trinajstić information content (AvgIpc) is 2.39. The fourth-order valence-electron chi connectivity index (χ4n) is 3.02. The van der Waals surface area contributed by atoms with E-state index in [2.05, 4.69) is 12.2 Å². The van der Waals surface area contributed by atoms with Gasteiger partial charge in [-0.25, -0.2) is 12.7 Å². The zero-order valence-electron chi connectivity index (χ0n) is 11.4. The monoisotopic (exact) mass is 274 g/mol. The van der Waals surface area contributed by atoms with Crippen molar-refractivity contribution in [1.29, 1.82) is 0 Å². The second-order valence-electron chi connectivity index (χ2n) is 5.68. The van der Waals surface area contributed by atoms with Crippen LogP contribution in [0.15, 0.2) is 0 Å². The molecule has 1 N–H and O–H groups in total. The van der Waals surface area contributed by atoms with Crippen molar-refractivity contribution in [1.82, 2.24) is 9.62 Å². The van der Waals surface area contributed by atoms with Gasteiger partial charge in [-0.15, -0.1) is 0 Å². The molecule has 4 nitrogen and oxygen atoms in total. The molecule has 106 valence electrons. The summed E-state index contributed by atoms with van der Waals surface area (Å²) in [7, 11) is -3.04. The van der Waals surface area contributed by atoms with Crippen LogP contribution in [0.2, 0.25) is 0 Å². The van der Waals surface area contributed by atoms with Crippen molar-refractivity contribution in [2.75, 3.05) is 25.4 Å². The first-order valence-electron chi connectivity index (χ1n) is 7.33. The van der Waals surface area contributed by atoms with E-state index in [1.54, 1.807) is 4.31 Å². The summed E-state index contributed by atoms with van der Waals surface area (Å²) in [6, 6.07) is 0.174. The van der Waals surface area contributed by atoms with Crippen molar-refractivity contribution in [3.05, 3.63) is 0 Å². The molecule has 2 fully saturated rings. The quantitative estimate of drug-likeness (QED) is 0.847.